The van der Waals surface area contributed by atoms with Gasteiger partial charge in [0.1, 0.15) is 9.52 Å². The Labute approximate surface area is 105 Å². The van der Waals surface area contributed by atoms with Gasteiger partial charge in [-0.25, -0.2) is 4.39 Å². The van der Waals surface area contributed by atoms with Crippen LogP contribution < -0.4 is 0 Å². The summed E-state index contributed by atoms with van der Waals surface area (Å²) in [4.78, 5) is 0. The molecule has 2 rings (SSSR count). The number of benzene rings is 1. The zero-order chi connectivity index (χ0) is 10.8. The van der Waals surface area contributed by atoms with Gasteiger partial charge < -0.3 is 0 Å². The summed E-state index contributed by atoms with van der Waals surface area (Å²) < 4.78 is 16.1. The molecule has 0 aliphatic carbocycles. The van der Waals surface area contributed by atoms with E-state index in [-0.39, 0.29) is 10.8 Å². The van der Waals surface area contributed by atoms with Crippen LogP contribution in [0.1, 0.15) is 5.56 Å². The molecular weight excluding hydrogens is 329 g/mol. The van der Waals surface area contributed by atoms with Crippen molar-refractivity contribution in [2.24, 2.45) is 0 Å². The molecule has 0 fully saturated rings. The average molecular weight is 337 g/mol. The van der Waals surface area contributed by atoms with Gasteiger partial charge in [0.05, 0.1) is 11.6 Å². The molecule has 2 nitrogen and oxygen atoms in total. The summed E-state index contributed by atoms with van der Waals surface area (Å²) in [5, 5.41) is 4.32. The smallest absolute Gasteiger partial charge is 0.146 e. The molecule has 0 N–H and O–H groups in total. The number of halogens is 3. The van der Waals surface area contributed by atoms with Gasteiger partial charge in [0, 0.05) is 11.8 Å². The van der Waals surface area contributed by atoms with Gasteiger partial charge in [-0.3, -0.25) is 4.68 Å². The summed E-state index contributed by atoms with van der Waals surface area (Å²) in [6.45, 7) is 0.398. The first-order valence-corrected chi connectivity index (χ1v) is 5.74. The normalized spacial score (nSPS) is 10.6. The molecule has 15 heavy (non-hydrogen) atoms. The SMILES string of the molecule is Fc1c(Cl)cccc1Cn1ccc(I)n1. The molecule has 0 aliphatic rings. The third kappa shape index (κ3) is 2.49. The third-order valence-electron chi connectivity index (χ3n) is 1.97. The van der Waals surface area contributed by atoms with Crippen molar-refractivity contribution in [2.45, 2.75) is 6.54 Å². The van der Waals surface area contributed by atoms with Gasteiger partial charge in [-0.1, -0.05) is 23.7 Å². The minimum Gasteiger partial charge on any atom is -0.267 e. The van der Waals surface area contributed by atoms with Crippen LogP contribution in [-0.2, 0) is 6.54 Å². The second-order valence-corrected chi connectivity index (χ2v) is 4.56. The predicted molar refractivity (Wildman–Crippen MR) is 65.5 cm³/mol. The van der Waals surface area contributed by atoms with Crippen molar-refractivity contribution in [3.63, 3.8) is 0 Å². The largest absolute Gasteiger partial charge is 0.267 e. The van der Waals surface area contributed by atoms with E-state index in [1.165, 1.54) is 6.07 Å². The lowest BCUT2D eigenvalue weighted by Gasteiger charge is -2.04. The molecule has 0 radical (unpaired) electrons. The maximum absolute atomic E-state index is 13.5. The van der Waals surface area contributed by atoms with Crippen LogP contribution in [0.3, 0.4) is 0 Å². The highest BCUT2D eigenvalue weighted by atomic mass is 127. The topological polar surface area (TPSA) is 17.8 Å². The predicted octanol–water partition coefficient (Wildman–Crippen LogP) is 3.33. The Kier molecular flexibility index (Phi) is 3.25. The quantitative estimate of drug-likeness (QED) is 0.769. The summed E-state index contributed by atoms with van der Waals surface area (Å²) in [6, 6.07) is 6.83. The van der Waals surface area contributed by atoms with Crippen LogP contribution in [0.25, 0.3) is 0 Å². The first-order valence-electron chi connectivity index (χ1n) is 4.28. The van der Waals surface area contributed by atoms with Crippen LogP contribution in [0.2, 0.25) is 5.02 Å². The summed E-state index contributed by atoms with van der Waals surface area (Å²) in [7, 11) is 0. The molecule has 1 aromatic carbocycles. The molecule has 0 spiro atoms. The van der Waals surface area contributed by atoms with E-state index in [1.54, 1.807) is 16.8 Å². The van der Waals surface area contributed by atoms with Gasteiger partial charge in [-0.2, -0.15) is 5.10 Å². The lowest BCUT2D eigenvalue weighted by atomic mass is 10.2. The molecule has 1 aromatic heterocycles. The molecule has 0 saturated heterocycles. The second kappa shape index (κ2) is 4.49. The molecular formula is C10H7ClFIN2. The summed E-state index contributed by atoms with van der Waals surface area (Å²) >= 11 is 7.79. The summed E-state index contributed by atoms with van der Waals surface area (Å²) in [6.07, 6.45) is 1.81. The third-order valence-corrected chi connectivity index (χ3v) is 2.84. The van der Waals surface area contributed by atoms with E-state index in [1.807, 2.05) is 12.3 Å². The van der Waals surface area contributed by atoms with Crippen molar-refractivity contribution in [1.29, 1.82) is 0 Å². The van der Waals surface area contributed by atoms with E-state index in [0.717, 1.165) is 3.70 Å². The van der Waals surface area contributed by atoms with Gasteiger partial charge in [-0.15, -0.1) is 0 Å². The molecule has 78 valence electrons. The fourth-order valence-corrected chi connectivity index (χ4v) is 1.90. The van der Waals surface area contributed by atoms with Crippen molar-refractivity contribution in [3.05, 3.63) is 50.6 Å². The Balaban J connectivity index is 2.28. The zero-order valence-corrected chi connectivity index (χ0v) is 10.5. The Bertz CT molecular complexity index is 484. The second-order valence-electron chi connectivity index (χ2n) is 3.05. The fourth-order valence-electron chi connectivity index (χ4n) is 1.27. The van der Waals surface area contributed by atoms with Gasteiger partial charge in [0.2, 0.25) is 0 Å². The Morgan fingerprint density at radius 1 is 1.40 bits per heavy atom. The number of hydrogen-bond acceptors (Lipinski definition) is 1. The van der Waals surface area contributed by atoms with Crippen molar-refractivity contribution < 1.29 is 4.39 Å². The number of nitrogens with zero attached hydrogens (tertiary/aromatic N) is 2. The van der Waals surface area contributed by atoms with Gasteiger partial charge >= 0.3 is 0 Å². The van der Waals surface area contributed by atoms with E-state index in [2.05, 4.69) is 27.7 Å². The molecule has 0 unspecified atom stereocenters. The Morgan fingerprint density at radius 3 is 2.87 bits per heavy atom. The van der Waals surface area contributed by atoms with Crippen molar-refractivity contribution in [3.8, 4) is 0 Å². The highest BCUT2D eigenvalue weighted by molar-refractivity contribution is 14.1. The summed E-state index contributed by atoms with van der Waals surface area (Å²) in [5.74, 6) is -0.371. The number of rotatable bonds is 2. The lowest BCUT2D eigenvalue weighted by molar-refractivity contribution is 0.584. The molecule has 1 heterocycles. The minimum atomic E-state index is -0.371. The monoisotopic (exact) mass is 336 g/mol. The van der Waals surface area contributed by atoms with Gasteiger partial charge in [-0.05, 0) is 34.7 Å². The zero-order valence-electron chi connectivity index (χ0n) is 7.62. The number of aromatic nitrogens is 2. The molecule has 0 aliphatic heterocycles. The van der Waals surface area contributed by atoms with Crippen molar-refractivity contribution in [1.82, 2.24) is 9.78 Å². The number of hydrogen-bond donors (Lipinski definition) is 0. The Morgan fingerprint density at radius 2 is 2.20 bits per heavy atom. The van der Waals surface area contributed by atoms with E-state index in [4.69, 9.17) is 11.6 Å². The van der Waals surface area contributed by atoms with Gasteiger partial charge in [0.25, 0.3) is 0 Å². The first kappa shape index (κ1) is 10.9. The molecule has 0 atom stereocenters. The lowest BCUT2D eigenvalue weighted by Crippen LogP contribution is -2.02. The maximum atomic E-state index is 13.5. The van der Waals surface area contributed by atoms with Crippen LogP contribution in [0.15, 0.2) is 30.5 Å². The fraction of sp³-hybridized carbons (Fsp3) is 0.100. The van der Waals surface area contributed by atoms with Crippen LogP contribution in [-0.4, -0.2) is 9.78 Å². The van der Waals surface area contributed by atoms with E-state index >= 15 is 0 Å². The maximum Gasteiger partial charge on any atom is 0.146 e. The molecule has 0 saturated carbocycles. The molecule has 0 amide bonds. The van der Waals surface area contributed by atoms with Crippen molar-refractivity contribution in [2.75, 3.05) is 0 Å². The summed E-state index contributed by atoms with van der Waals surface area (Å²) in [5.41, 5.74) is 0.544. The van der Waals surface area contributed by atoms with Crippen molar-refractivity contribution >= 4 is 34.2 Å². The standard InChI is InChI=1S/C10H7ClFIN2/c11-8-3-1-2-7(10(8)12)6-15-5-4-9(13)14-15/h1-5H,6H2. The van der Waals surface area contributed by atoms with Crippen LogP contribution >= 0.6 is 34.2 Å². The highest BCUT2D eigenvalue weighted by Gasteiger charge is 2.06. The van der Waals surface area contributed by atoms with E-state index in [0.29, 0.717) is 12.1 Å². The highest BCUT2D eigenvalue weighted by Crippen LogP contribution is 2.18. The van der Waals surface area contributed by atoms with Crippen LogP contribution in [0, 0.1) is 9.52 Å². The molecule has 5 heteroatoms. The van der Waals surface area contributed by atoms with Crippen LogP contribution in [0.5, 0.6) is 0 Å². The molecule has 0 bridgehead atoms. The van der Waals surface area contributed by atoms with Crippen LogP contribution in [0.4, 0.5) is 4.39 Å². The minimum absolute atomic E-state index is 0.148. The van der Waals surface area contributed by atoms with Gasteiger partial charge in [0.15, 0.2) is 0 Å². The average Bonchev–Trinajstić information content (AvgIpc) is 2.59. The van der Waals surface area contributed by atoms with E-state index < -0.39 is 0 Å². The Hall–Kier alpha value is -0.620. The molecule has 2 aromatic rings. The first-order chi connectivity index (χ1) is 7.16. The van der Waals surface area contributed by atoms with E-state index in [9.17, 15) is 4.39 Å².